The molecule has 0 unspecified atom stereocenters. The van der Waals surface area contributed by atoms with Gasteiger partial charge in [0.05, 0.1) is 10.7 Å². The average molecular weight is 236 g/mol. The predicted octanol–water partition coefficient (Wildman–Crippen LogP) is 2.31. The summed E-state index contributed by atoms with van der Waals surface area (Å²) in [6.45, 7) is 0. The Kier molecular flexibility index (Phi) is 3.16. The number of nitrogens with zero attached hydrogens (tertiary/aromatic N) is 3. The maximum absolute atomic E-state index is 5.95. The largest absolute Gasteiger partial charge is 0.373 e. The molecule has 0 aliphatic carbocycles. The highest BCUT2D eigenvalue weighted by Gasteiger charge is 2.02. The van der Waals surface area contributed by atoms with Gasteiger partial charge in [-0.25, -0.2) is 4.98 Å². The van der Waals surface area contributed by atoms with Crippen molar-refractivity contribution in [2.45, 2.75) is 0 Å². The summed E-state index contributed by atoms with van der Waals surface area (Å²) >= 11 is 5.95. The van der Waals surface area contributed by atoms with Crippen molar-refractivity contribution in [3.05, 3.63) is 35.7 Å². The predicted molar refractivity (Wildman–Crippen MR) is 64.1 cm³/mol. The minimum atomic E-state index is 0.486. The van der Waals surface area contributed by atoms with Crippen LogP contribution in [0.2, 0.25) is 5.02 Å². The van der Waals surface area contributed by atoms with Crippen molar-refractivity contribution in [3.8, 4) is 0 Å². The van der Waals surface area contributed by atoms with Crippen LogP contribution >= 0.6 is 11.6 Å². The van der Waals surface area contributed by atoms with Crippen LogP contribution in [-0.2, 0) is 0 Å². The van der Waals surface area contributed by atoms with E-state index >= 15 is 0 Å². The molecule has 2 aromatic heterocycles. The fourth-order valence-corrected chi connectivity index (χ4v) is 1.32. The third-order valence-electron chi connectivity index (χ3n) is 1.93. The van der Waals surface area contributed by atoms with Gasteiger partial charge in [0.1, 0.15) is 5.82 Å². The molecule has 82 valence electrons. The van der Waals surface area contributed by atoms with Crippen molar-refractivity contribution < 1.29 is 0 Å². The second-order valence-electron chi connectivity index (χ2n) is 3.00. The Morgan fingerprint density at radius 3 is 2.88 bits per heavy atom. The van der Waals surface area contributed by atoms with Crippen LogP contribution < -0.4 is 10.6 Å². The first-order valence-electron chi connectivity index (χ1n) is 4.67. The van der Waals surface area contributed by atoms with Crippen molar-refractivity contribution in [3.63, 3.8) is 0 Å². The van der Waals surface area contributed by atoms with Crippen LogP contribution in [0.1, 0.15) is 0 Å². The van der Waals surface area contributed by atoms with Crippen LogP contribution in [0.3, 0.4) is 0 Å². The lowest BCUT2D eigenvalue weighted by molar-refractivity contribution is 1.16. The number of anilines is 3. The van der Waals surface area contributed by atoms with E-state index in [4.69, 9.17) is 11.6 Å². The normalized spacial score (nSPS) is 9.88. The Hall–Kier alpha value is -1.88. The summed E-state index contributed by atoms with van der Waals surface area (Å²) in [6, 6.07) is 3.54. The lowest BCUT2D eigenvalue weighted by atomic mass is 10.4. The molecular formula is C10H10ClN5. The molecular weight excluding hydrogens is 226 g/mol. The van der Waals surface area contributed by atoms with Crippen molar-refractivity contribution in [2.24, 2.45) is 0 Å². The second kappa shape index (κ2) is 4.76. The van der Waals surface area contributed by atoms with Gasteiger partial charge in [-0.1, -0.05) is 11.6 Å². The zero-order valence-corrected chi connectivity index (χ0v) is 9.36. The molecule has 2 aromatic rings. The summed E-state index contributed by atoms with van der Waals surface area (Å²) in [6.07, 6.45) is 4.87. The first-order valence-corrected chi connectivity index (χ1v) is 5.05. The smallest absolute Gasteiger partial charge is 0.229 e. The molecule has 16 heavy (non-hydrogen) atoms. The van der Waals surface area contributed by atoms with Gasteiger partial charge in [-0.2, -0.15) is 4.98 Å². The molecule has 0 atom stereocenters. The highest BCUT2D eigenvalue weighted by atomic mass is 35.5. The second-order valence-corrected chi connectivity index (χ2v) is 3.40. The van der Waals surface area contributed by atoms with Crippen LogP contribution in [0.5, 0.6) is 0 Å². The zero-order valence-electron chi connectivity index (χ0n) is 8.61. The Balaban J connectivity index is 2.24. The molecule has 0 amide bonds. The van der Waals surface area contributed by atoms with Gasteiger partial charge in [0.15, 0.2) is 0 Å². The molecule has 2 heterocycles. The molecule has 5 nitrogen and oxygen atoms in total. The molecule has 2 rings (SSSR count). The summed E-state index contributed by atoms with van der Waals surface area (Å²) in [5.41, 5.74) is 0.727. The fourth-order valence-electron chi connectivity index (χ4n) is 1.16. The van der Waals surface area contributed by atoms with Gasteiger partial charge in [-0.15, -0.1) is 0 Å². The third kappa shape index (κ3) is 2.38. The van der Waals surface area contributed by atoms with Crippen LogP contribution in [-0.4, -0.2) is 22.0 Å². The first-order chi connectivity index (χ1) is 7.79. The monoisotopic (exact) mass is 235 g/mol. The molecule has 2 N–H and O–H groups in total. The van der Waals surface area contributed by atoms with E-state index in [1.807, 2.05) is 0 Å². The topological polar surface area (TPSA) is 62.7 Å². The van der Waals surface area contributed by atoms with E-state index in [9.17, 15) is 0 Å². The van der Waals surface area contributed by atoms with E-state index in [0.717, 1.165) is 11.5 Å². The Bertz CT molecular complexity index is 488. The SMILES string of the molecule is CNc1ccnc(Nc2ccncc2Cl)n1. The molecule has 0 saturated heterocycles. The van der Waals surface area contributed by atoms with Gasteiger partial charge >= 0.3 is 0 Å². The highest BCUT2D eigenvalue weighted by molar-refractivity contribution is 6.33. The Morgan fingerprint density at radius 1 is 1.25 bits per heavy atom. The van der Waals surface area contributed by atoms with E-state index in [1.165, 1.54) is 0 Å². The van der Waals surface area contributed by atoms with Gasteiger partial charge in [0.2, 0.25) is 5.95 Å². The quantitative estimate of drug-likeness (QED) is 0.855. The summed E-state index contributed by atoms with van der Waals surface area (Å²) in [5.74, 6) is 1.22. The number of hydrogen-bond donors (Lipinski definition) is 2. The number of aromatic nitrogens is 3. The molecule has 6 heteroatoms. The lowest BCUT2D eigenvalue weighted by Gasteiger charge is -2.06. The number of pyridine rings is 1. The van der Waals surface area contributed by atoms with E-state index in [2.05, 4.69) is 25.6 Å². The van der Waals surface area contributed by atoms with Crippen molar-refractivity contribution in [1.29, 1.82) is 0 Å². The van der Waals surface area contributed by atoms with Crippen LogP contribution in [0.15, 0.2) is 30.7 Å². The lowest BCUT2D eigenvalue weighted by Crippen LogP contribution is -2.00. The van der Waals surface area contributed by atoms with E-state index < -0.39 is 0 Å². The van der Waals surface area contributed by atoms with Gasteiger partial charge < -0.3 is 10.6 Å². The first kappa shape index (κ1) is 10.6. The van der Waals surface area contributed by atoms with Crippen molar-refractivity contribution in [2.75, 3.05) is 17.7 Å². The number of halogens is 1. The van der Waals surface area contributed by atoms with Gasteiger partial charge in [-0.3, -0.25) is 4.98 Å². The summed E-state index contributed by atoms with van der Waals surface area (Å²) in [4.78, 5) is 12.2. The van der Waals surface area contributed by atoms with Gasteiger partial charge in [-0.05, 0) is 12.1 Å². The van der Waals surface area contributed by atoms with Gasteiger partial charge in [0.25, 0.3) is 0 Å². The summed E-state index contributed by atoms with van der Waals surface area (Å²) in [7, 11) is 1.80. The number of rotatable bonds is 3. The zero-order chi connectivity index (χ0) is 11.4. The molecule has 0 aliphatic heterocycles. The van der Waals surface area contributed by atoms with Crippen molar-refractivity contribution in [1.82, 2.24) is 15.0 Å². The minimum Gasteiger partial charge on any atom is -0.373 e. The Morgan fingerprint density at radius 2 is 2.12 bits per heavy atom. The third-order valence-corrected chi connectivity index (χ3v) is 2.23. The maximum atomic E-state index is 5.95. The molecule has 0 radical (unpaired) electrons. The van der Waals surface area contributed by atoms with Gasteiger partial charge in [0, 0.05) is 25.6 Å². The molecule has 0 bridgehead atoms. The maximum Gasteiger partial charge on any atom is 0.229 e. The molecule has 0 spiro atoms. The number of hydrogen-bond acceptors (Lipinski definition) is 5. The average Bonchev–Trinajstić information content (AvgIpc) is 2.32. The Labute approximate surface area is 97.9 Å². The van der Waals surface area contributed by atoms with E-state index in [0.29, 0.717) is 11.0 Å². The van der Waals surface area contributed by atoms with Crippen LogP contribution in [0, 0.1) is 0 Å². The fraction of sp³-hybridized carbons (Fsp3) is 0.100. The minimum absolute atomic E-state index is 0.486. The molecule has 0 saturated carbocycles. The number of nitrogens with one attached hydrogen (secondary N) is 2. The highest BCUT2D eigenvalue weighted by Crippen LogP contribution is 2.22. The molecule has 0 aliphatic rings. The summed E-state index contributed by atoms with van der Waals surface area (Å²) < 4.78 is 0. The summed E-state index contributed by atoms with van der Waals surface area (Å²) in [5, 5.41) is 6.47. The van der Waals surface area contributed by atoms with Crippen LogP contribution in [0.4, 0.5) is 17.5 Å². The van der Waals surface area contributed by atoms with E-state index in [1.54, 1.807) is 37.8 Å². The van der Waals surface area contributed by atoms with E-state index in [-0.39, 0.29) is 0 Å². The standard InChI is InChI=1S/C10H10ClN5/c1-12-9-3-5-14-10(16-9)15-8-2-4-13-6-7(8)11/h2-6H,1H3,(H2,12,13,14,15,16). The molecule has 0 aromatic carbocycles. The van der Waals surface area contributed by atoms with Crippen molar-refractivity contribution >= 4 is 29.1 Å². The van der Waals surface area contributed by atoms with Crippen LogP contribution in [0.25, 0.3) is 0 Å². The molecule has 0 fully saturated rings.